The molecule has 1 saturated heterocycles. The standard InChI is InChI=1S/C11H18N4/c1-3-9(2)8-10-12-11(14-13-10)15-6-4-5-7-15/h8H,3-7H2,1-2H3,(H,12,13,14)/b9-8+. The lowest BCUT2D eigenvalue weighted by atomic mass is 10.2. The molecule has 1 aromatic heterocycles. The Morgan fingerprint density at radius 1 is 1.47 bits per heavy atom. The summed E-state index contributed by atoms with van der Waals surface area (Å²) in [6.45, 7) is 6.43. The lowest BCUT2D eigenvalue weighted by molar-refractivity contribution is 0.903. The Bertz CT molecular complexity index is 347. The lowest BCUT2D eigenvalue weighted by Gasteiger charge is -2.10. The first-order valence-corrected chi connectivity index (χ1v) is 5.64. The zero-order valence-corrected chi connectivity index (χ0v) is 9.45. The number of nitrogens with one attached hydrogen (secondary N) is 1. The minimum atomic E-state index is 0.850. The Kier molecular flexibility index (Phi) is 3.04. The molecule has 2 heterocycles. The molecule has 0 saturated carbocycles. The van der Waals surface area contributed by atoms with E-state index in [-0.39, 0.29) is 0 Å². The fraction of sp³-hybridized carbons (Fsp3) is 0.636. The maximum atomic E-state index is 4.46. The van der Waals surface area contributed by atoms with Gasteiger partial charge in [-0.1, -0.05) is 12.5 Å². The van der Waals surface area contributed by atoms with Gasteiger partial charge in [-0.15, -0.1) is 5.10 Å². The van der Waals surface area contributed by atoms with Gasteiger partial charge in [0, 0.05) is 13.1 Å². The van der Waals surface area contributed by atoms with Crippen molar-refractivity contribution in [3.8, 4) is 0 Å². The summed E-state index contributed by atoms with van der Waals surface area (Å²) in [7, 11) is 0. The van der Waals surface area contributed by atoms with Crippen molar-refractivity contribution in [1.82, 2.24) is 15.2 Å². The summed E-state index contributed by atoms with van der Waals surface area (Å²) < 4.78 is 0. The number of allylic oxidation sites excluding steroid dienone is 1. The predicted octanol–water partition coefficient (Wildman–Crippen LogP) is 2.22. The summed E-state index contributed by atoms with van der Waals surface area (Å²) in [6, 6.07) is 0. The second-order valence-corrected chi connectivity index (χ2v) is 4.06. The molecule has 15 heavy (non-hydrogen) atoms. The molecule has 0 aromatic carbocycles. The molecule has 0 amide bonds. The first-order valence-electron chi connectivity index (χ1n) is 5.64. The van der Waals surface area contributed by atoms with Gasteiger partial charge in [0.15, 0.2) is 0 Å². The van der Waals surface area contributed by atoms with Crippen molar-refractivity contribution in [1.29, 1.82) is 0 Å². The molecule has 1 fully saturated rings. The Morgan fingerprint density at radius 2 is 2.20 bits per heavy atom. The van der Waals surface area contributed by atoms with Gasteiger partial charge in [-0.3, -0.25) is 5.10 Å². The van der Waals surface area contributed by atoms with E-state index in [1.165, 1.54) is 18.4 Å². The van der Waals surface area contributed by atoms with Gasteiger partial charge in [-0.25, -0.2) is 0 Å². The largest absolute Gasteiger partial charge is 0.340 e. The molecule has 1 aliphatic heterocycles. The molecule has 0 spiro atoms. The van der Waals surface area contributed by atoms with Gasteiger partial charge in [-0.05, 0) is 32.3 Å². The van der Waals surface area contributed by atoms with Crippen molar-refractivity contribution >= 4 is 12.0 Å². The molecule has 4 heteroatoms. The van der Waals surface area contributed by atoms with E-state index in [1.54, 1.807) is 0 Å². The van der Waals surface area contributed by atoms with Crippen molar-refractivity contribution in [2.45, 2.75) is 33.1 Å². The lowest BCUT2D eigenvalue weighted by Crippen LogP contribution is -2.18. The molecule has 0 unspecified atom stereocenters. The highest BCUT2D eigenvalue weighted by Gasteiger charge is 2.15. The fourth-order valence-corrected chi connectivity index (χ4v) is 1.72. The second-order valence-electron chi connectivity index (χ2n) is 4.06. The molecule has 1 N–H and O–H groups in total. The van der Waals surface area contributed by atoms with Gasteiger partial charge < -0.3 is 4.90 Å². The number of aromatic nitrogens is 3. The number of hydrogen-bond acceptors (Lipinski definition) is 3. The Balaban J connectivity index is 2.09. The number of hydrogen-bond donors (Lipinski definition) is 1. The molecule has 0 bridgehead atoms. The normalized spacial score (nSPS) is 17.5. The number of nitrogens with zero attached hydrogens (tertiary/aromatic N) is 3. The van der Waals surface area contributed by atoms with Crippen LogP contribution in [0.5, 0.6) is 0 Å². The highest BCUT2D eigenvalue weighted by molar-refractivity contribution is 5.46. The molecule has 0 atom stereocenters. The van der Waals surface area contributed by atoms with Crippen molar-refractivity contribution in [3.05, 3.63) is 11.4 Å². The molecule has 1 aliphatic rings. The third-order valence-corrected chi connectivity index (χ3v) is 2.82. The van der Waals surface area contributed by atoms with Gasteiger partial charge in [0.05, 0.1) is 0 Å². The summed E-state index contributed by atoms with van der Waals surface area (Å²) in [5.74, 6) is 1.72. The van der Waals surface area contributed by atoms with E-state index in [1.807, 2.05) is 0 Å². The molecule has 2 rings (SSSR count). The molecular weight excluding hydrogens is 188 g/mol. The van der Waals surface area contributed by atoms with Crippen molar-refractivity contribution in [2.24, 2.45) is 0 Å². The topological polar surface area (TPSA) is 44.8 Å². The van der Waals surface area contributed by atoms with Crippen LogP contribution in [0, 0.1) is 0 Å². The van der Waals surface area contributed by atoms with Crippen molar-refractivity contribution < 1.29 is 0 Å². The van der Waals surface area contributed by atoms with Crippen LogP contribution in [-0.2, 0) is 0 Å². The van der Waals surface area contributed by atoms with E-state index in [0.29, 0.717) is 0 Å². The van der Waals surface area contributed by atoms with E-state index in [0.717, 1.165) is 31.3 Å². The van der Waals surface area contributed by atoms with Crippen LogP contribution in [0.15, 0.2) is 5.57 Å². The number of H-pyrrole nitrogens is 1. The number of rotatable bonds is 3. The molecule has 1 aromatic rings. The van der Waals surface area contributed by atoms with Gasteiger partial charge in [0.2, 0.25) is 5.95 Å². The highest BCUT2D eigenvalue weighted by Crippen LogP contribution is 2.15. The monoisotopic (exact) mass is 206 g/mol. The van der Waals surface area contributed by atoms with E-state index < -0.39 is 0 Å². The van der Waals surface area contributed by atoms with Crippen LogP contribution in [0.3, 0.4) is 0 Å². The van der Waals surface area contributed by atoms with E-state index in [9.17, 15) is 0 Å². The van der Waals surface area contributed by atoms with Gasteiger partial charge in [-0.2, -0.15) is 4.98 Å². The van der Waals surface area contributed by atoms with Crippen LogP contribution in [-0.4, -0.2) is 28.3 Å². The minimum absolute atomic E-state index is 0.850. The van der Waals surface area contributed by atoms with E-state index >= 15 is 0 Å². The molecule has 82 valence electrons. The summed E-state index contributed by atoms with van der Waals surface area (Å²) in [5, 5.41) is 7.20. The molecule has 4 nitrogen and oxygen atoms in total. The maximum Gasteiger partial charge on any atom is 0.244 e. The zero-order valence-electron chi connectivity index (χ0n) is 9.45. The second kappa shape index (κ2) is 4.47. The van der Waals surface area contributed by atoms with Crippen molar-refractivity contribution in [2.75, 3.05) is 18.0 Å². The van der Waals surface area contributed by atoms with Crippen LogP contribution >= 0.6 is 0 Å². The van der Waals surface area contributed by atoms with Crippen LogP contribution in [0.25, 0.3) is 6.08 Å². The van der Waals surface area contributed by atoms with Crippen LogP contribution < -0.4 is 4.90 Å². The summed E-state index contributed by atoms with van der Waals surface area (Å²) in [6.07, 6.45) is 5.63. The predicted molar refractivity (Wildman–Crippen MR) is 61.8 cm³/mol. The first-order chi connectivity index (χ1) is 7.29. The smallest absolute Gasteiger partial charge is 0.244 e. The molecule has 0 radical (unpaired) electrons. The summed E-state index contributed by atoms with van der Waals surface area (Å²) in [5.41, 5.74) is 1.32. The van der Waals surface area contributed by atoms with Crippen LogP contribution in [0.1, 0.15) is 38.9 Å². The fourth-order valence-electron chi connectivity index (χ4n) is 1.72. The molecule has 0 aliphatic carbocycles. The third kappa shape index (κ3) is 2.37. The van der Waals surface area contributed by atoms with Crippen LogP contribution in [0.4, 0.5) is 5.95 Å². The van der Waals surface area contributed by atoms with Gasteiger partial charge >= 0.3 is 0 Å². The Labute approximate surface area is 90.4 Å². The Morgan fingerprint density at radius 3 is 2.87 bits per heavy atom. The zero-order chi connectivity index (χ0) is 10.7. The third-order valence-electron chi connectivity index (χ3n) is 2.82. The SMILES string of the molecule is CC/C(C)=C/c1nc(N2CCCC2)n[nH]1. The van der Waals surface area contributed by atoms with Gasteiger partial charge in [0.1, 0.15) is 5.82 Å². The average molecular weight is 206 g/mol. The van der Waals surface area contributed by atoms with E-state index in [2.05, 4.69) is 40.0 Å². The van der Waals surface area contributed by atoms with Gasteiger partial charge in [0.25, 0.3) is 0 Å². The Hall–Kier alpha value is -1.32. The maximum absolute atomic E-state index is 4.46. The van der Waals surface area contributed by atoms with Crippen LogP contribution in [0.2, 0.25) is 0 Å². The minimum Gasteiger partial charge on any atom is -0.340 e. The number of anilines is 1. The van der Waals surface area contributed by atoms with E-state index in [4.69, 9.17) is 0 Å². The number of aromatic amines is 1. The molecular formula is C11H18N4. The highest BCUT2D eigenvalue weighted by atomic mass is 15.4. The quantitative estimate of drug-likeness (QED) is 0.824. The summed E-state index contributed by atoms with van der Waals surface area (Å²) in [4.78, 5) is 6.69. The summed E-state index contributed by atoms with van der Waals surface area (Å²) >= 11 is 0. The first kappa shape index (κ1) is 10.2. The van der Waals surface area contributed by atoms with Crippen molar-refractivity contribution in [3.63, 3.8) is 0 Å². The average Bonchev–Trinajstić information content (AvgIpc) is 2.85.